The van der Waals surface area contributed by atoms with Gasteiger partial charge in [0.2, 0.25) is 0 Å². The van der Waals surface area contributed by atoms with Crippen molar-refractivity contribution in [1.29, 1.82) is 0 Å². The van der Waals surface area contributed by atoms with Crippen molar-refractivity contribution in [2.45, 2.75) is 19.1 Å². The molecule has 1 fully saturated rings. The predicted octanol–water partition coefficient (Wildman–Crippen LogP) is 3.54. The fourth-order valence-electron chi connectivity index (χ4n) is 3.36. The number of halogens is 4. The molecule has 0 bridgehead atoms. The van der Waals surface area contributed by atoms with Crippen LogP contribution < -0.4 is 10.5 Å². The molecule has 4 heterocycles. The van der Waals surface area contributed by atoms with Gasteiger partial charge in [-0.2, -0.15) is 13.2 Å². The zero-order valence-electron chi connectivity index (χ0n) is 15.2. The Morgan fingerprint density at radius 3 is 2.76 bits per heavy atom. The van der Waals surface area contributed by atoms with E-state index < -0.39 is 11.7 Å². The van der Waals surface area contributed by atoms with Gasteiger partial charge in [-0.05, 0) is 12.5 Å². The van der Waals surface area contributed by atoms with Crippen LogP contribution in [0.1, 0.15) is 17.7 Å². The van der Waals surface area contributed by atoms with E-state index in [1.54, 1.807) is 6.20 Å². The highest BCUT2D eigenvalue weighted by molar-refractivity contribution is 7.15. The van der Waals surface area contributed by atoms with Gasteiger partial charge in [0.1, 0.15) is 5.82 Å². The number of nitrogens with zero attached hydrogens (tertiary/aromatic N) is 5. The van der Waals surface area contributed by atoms with Crippen molar-refractivity contribution in [3.8, 4) is 0 Å². The number of fused-ring (bicyclic) bond motifs is 1. The summed E-state index contributed by atoms with van der Waals surface area (Å²) in [5.41, 5.74) is -0.260. The van der Waals surface area contributed by atoms with Crippen LogP contribution in [0.15, 0.2) is 34.7 Å². The highest BCUT2D eigenvalue weighted by atomic mass is 35.5. The minimum absolute atomic E-state index is 0.00823. The molecule has 0 atom stereocenters. The van der Waals surface area contributed by atoms with Crippen LogP contribution in [0.5, 0.6) is 0 Å². The summed E-state index contributed by atoms with van der Waals surface area (Å²) in [6.07, 6.45) is -1.17. The molecule has 1 saturated heterocycles. The summed E-state index contributed by atoms with van der Waals surface area (Å²) < 4.78 is 40.0. The Kier molecular flexibility index (Phi) is 5.50. The monoisotopic (exact) mass is 443 g/mol. The number of rotatable bonds is 3. The number of aromatic nitrogens is 3. The summed E-state index contributed by atoms with van der Waals surface area (Å²) in [4.78, 5) is 25.4. The van der Waals surface area contributed by atoms with Gasteiger partial charge in [-0.1, -0.05) is 11.6 Å². The van der Waals surface area contributed by atoms with Gasteiger partial charge >= 0.3 is 6.18 Å². The van der Waals surface area contributed by atoms with Gasteiger partial charge in [0.15, 0.2) is 4.96 Å². The maximum atomic E-state index is 12.8. The third kappa shape index (κ3) is 4.39. The Bertz CT molecular complexity index is 1080. The number of hydrogen-bond donors (Lipinski definition) is 0. The first kappa shape index (κ1) is 20.1. The smallest absolute Gasteiger partial charge is 0.354 e. The summed E-state index contributed by atoms with van der Waals surface area (Å²) >= 11 is 7.49. The maximum Gasteiger partial charge on any atom is 0.417 e. The summed E-state index contributed by atoms with van der Waals surface area (Å²) in [6, 6.07) is 2.46. The van der Waals surface area contributed by atoms with E-state index in [2.05, 4.69) is 14.9 Å². The molecule has 3 aromatic heterocycles. The van der Waals surface area contributed by atoms with Crippen molar-refractivity contribution in [1.82, 2.24) is 19.3 Å². The first-order valence-corrected chi connectivity index (χ1v) is 10.2. The molecular weight excluding hydrogens is 427 g/mol. The number of thiazole rings is 1. The average molecular weight is 444 g/mol. The summed E-state index contributed by atoms with van der Waals surface area (Å²) in [7, 11) is 0. The third-order valence-corrected chi connectivity index (χ3v) is 5.81. The van der Waals surface area contributed by atoms with E-state index in [1.165, 1.54) is 21.8 Å². The van der Waals surface area contributed by atoms with Crippen LogP contribution in [-0.4, -0.2) is 45.4 Å². The molecule has 4 rings (SSSR count). The molecular formula is C18H17ClF3N5OS. The Balaban J connectivity index is 1.46. The fraction of sp³-hybridized carbons (Fsp3) is 0.389. The lowest BCUT2D eigenvalue weighted by Gasteiger charge is -2.23. The Labute approximate surface area is 173 Å². The lowest BCUT2D eigenvalue weighted by atomic mass is 10.2. The molecule has 0 saturated carbocycles. The van der Waals surface area contributed by atoms with E-state index in [-0.39, 0.29) is 10.6 Å². The van der Waals surface area contributed by atoms with Gasteiger partial charge < -0.3 is 4.90 Å². The zero-order chi connectivity index (χ0) is 20.6. The molecule has 29 heavy (non-hydrogen) atoms. The highest BCUT2D eigenvalue weighted by Gasteiger charge is 2.32. The van der Waals surface area contributed by atoms with Crippen LogP contribution >= 0.6 is 22.9 Å². The molecule has 6 nitrogen and oxygen atoms in total. The SMILES string of the molecule is O=c1cc(CN2CCCN(c3ncc(C(F)(F)F)cc3Cl)CC2)nc2sccn12. The third-order valence-electron chi connectivity index (χ3n) is 4.78. The number of alkyl halides is 3. The van der Waals surface area contributed by atoms with Crippen molar-refractivity contribution < 1.29 is 13.2 Å². The molecule has 0 aromatic carbocycles. The van der Waals surface area contributed by atoms with Crippen LogP contribution in [0, 0.1) is 0 Å². The number of hydrogen-bond acceptors (Lipinski definition) is 6. The van der Waals surface area contributed by atoms with Crippen LogP contribution in [0.2, 0.25) is 5.02 Å². The molecule has 1 aliphatic rings. The average Bonchev–Trinajstić information content (AvgIpc) is 3.01. The first-order chi connectivity index (χ1) is 13.8. The van der Waals surface area contributed by atoms with Crippen molar-refractivity contribution >= 4 is 33.7 Å². The van der Waals surface area contributed by atoms with E-state index in [4.69, 9.17) is 11.6 Å². The second-order valence-corrected chi connectivity index (χ2v) is 8.07. The summed E-state index contributed by atoms with van der Waals surface area (Å²) in [6.45, 7) is 3.17. The second-order valence-electron chi connectivity index (χ2n) is 6.79. The minimum atomic E-state index is -4.47. The Morgan fingerprint density at radius 1 is 1.17 bits per heavy atom. The predicted molar refractivity (Wildman–Crippen MR) is 106 cm³/mol. The van der Waals surface area contributed by atoms with Gasteiger partial charge in [0, 0.05) is 56.6 Å². The quantitative estimate of drug-likeness (QED) is 0.620. The Morgan fingerprint density at radius 2 is 2.00 bits per heavy atom. The van der Waals surface area contributed by atoms with Crippen molar-refractivity contribution in [2.24, 2.45) is 0 Å². The topological polar surface area (TPSA) is 53.7 Å². The van der Waals surface area contributed by atoms with Crippen molar-refractivity contribution in [3.63, 3.8) is 0 Å². The molecule has 0 radical (unpaired) electrons. The molecule has 0 unspecified atom stereocenters. The van der Waals surface area contributed by atoms with Gasteiger partial charge in [-0.25, -0.2) is 9.97 Å². The van der Waals surface area contributed by atoms with Gasteiger partial charge in [-0.15, -0.1) is 11.3 Å². The summed E-state index contributed by atoms with van der Waals surface area (Å²) in [5, 5.41) is 1.81. The molecule has 0 aliphatic carbocycles. The lowest BCUT2D eigenvalue weighted by Crippen LogP contribution is -2.31. The molecule has 11 heteroatoms. The maximum absolute atomic E-state index is 12.8. The Hall–Kier alpha value is -2.17. The second kappa shape index (κ2) is 7.92. The van der Waals surface area contributed by atoms with Crippen LogP contribution in [-0.2, 0) is 12.7 Å². The van der Waals surface area contributed by atoms with Gasteiger partial charge in [0.25, 0.3) is 5.56 Å². The standard InChI is InChI=1S/C18H17ClF3N5OS/c19-14-8-12(18(20,21)22)10-23-16(14)26-3-1-2-25(4-5-26)11-13-9-15(28)27-6-7-29-17(27)24-13/h6-10H,1-5,11H2. The van der Waals surface area contributed by atoms with E-state index in [1.807, 2.05) is 10.3 Å². The molecule has 3 aromatic rings. The molecule has 1 aliphatic heterocycles. The van der Waals surface area contributed by atoms with E-state index in [0.29, 0.717) is 42.7 Å². The molecule has 0 amide bonds. The van der Waals surface area contributed by atoms with Gasteiger partial charge in [-0.3, -0.25) is 14.1 Å². The van der Waals surface area contributed by atoms with Crippen molar-refractivity contribution in [3.05, 3.63) is 56.5 Å². The van der Waals surface area contributed by atoms with Gasteiger partial charge in [0.05, 0.1) is 16.3 Å². The molecule has 0 N–H and O–H groups in total. The van der Waals surface area contributed by atoms with E-state index in [0.717, 1.165) is 25.2 Å². The van der Waals surface area contributed by atoms with Crippen LogP contribution in [0.25, 0.3) is 4.96 Å². The van der Waals surface area contributed by atoms with E-state index in [9.17, 15) is 18.0 Å². The highest BCUT2D eigenvalue weighted by Crippen LogP contribution is 2.33. The number of pyridine rings is 1. The largest absolute Gasteiger partial charge is 0.417 e. The lowest BCUT2D eigenvalue weighted by molar-refractivity contribution is -0.137. The fourth-order valence-corrected chi connectivity index (χ4v) is 4.38. The van der Waals surface area contributed by atoms with Crippen LogP contribution in [0.4, 0.5) is 19.0 Å². The summed E-state index contributed by atoms with van der Waals surface area (Å²) in [5.74, 6) is 0.359. The van der Waals surface area contributed by atoms with Crippen molar-refractivity contribution in [2.75, 3.05) is 31.1 Å². The van der Waals surface area contributed by atoms with Crippen LogP contribution in [0.3, 0.4) is 0 Å². The molecule has 154 valence electrons. The zero-order valence-corrected chi connectivity index (χ0v) is 16.8. The minimum Gasteiger partial charge on any atom is -0.354 e. The van der Waals surface area contributed by atoms with E-state index >= 15 is 0 Å². The first-order valence-electron chi connectivity index (χ1n) is 8.97. The molecule has 0 spiro atoms. The normalized spacial score (nSPS) is 16.3. The number of anilines is 1.